The number of nitrogen functional groups attached to an aromatic ring is 1. The topological polar surface area (TPSA) is 55.1 Å². The van der Waals surface area contributed by atoms with Gasteiger partial charge in [0.15, 0.2) is 0 Å². The van der Waals surface area contributed by atoms with E-state index in [0.29, 0.717) is 11.6 Å². The first-order chi connectivity index (χ1) is 7.99. The molecule has 4 heteroatoms. The molecule has 0 heterocycles. The van der Waals surface area contributed by atoms with Gasteiger partial charge in [0.1, 0.15) is 0 Å². The number of nitrogens with two attached hydrogens (primary N) is 1. The number of benzene rings is 1. The van der Waals surface area contributed by atoms with Gasteiger partial charge in [-0.25, -0.2) is 0 Å². The minimum Gasteiger partial charge on any atom is -0.398 e. The summed E-state index contributed by atoms with van der Waals surface area (Å²) >= 11 is 3.44. The van der Waals surface area contributed by atoms with Crippen LogP contribution >= 0.6 is 15.9 Å². The number of halogens is 1. The average Bonchev–Trinajstić information content (AvgIpc) is 3.08. The molecule has 1 aliphatic carbocycles. The molecule has 1 aromatic carbocycles. The molecule has 1 saturated carbocycles. The van der Waals surface area contributed by atoms with E-state index in [2.05, 4.69) is 21.2 Å². The van der Waals surface area contributed by atoms with E-state index in [1.807, 2.05) is 19.9 Å². The molecule has 1 fully saturated rings. The molecule has 3 nitrogen and oxygen atoms in total. The minimum atomic E-state index is 0.0800. The molecule has 1 aliphatic rings. The highest BCUT2D eigenvalue weighted by atomic mass is 79.9. The number of carbonyl (C=O) groups excluding carboxylic acids is 1. The highest BCUT2D eigenvalue weighted by Gasteiger charge is 2.32. The fraction of sp³-hybridized carbons (Fsp3) is 0.462. The van der Waals surface area contributed by atoms with Gasteiger partial charge in [-0.1, -0.05) is 6.92 Å². The predicted octanol–water partition coefficient (Wildman–Crippen LogP) is 3.32. The lowest BCUT2D eigenvalue weighted by Gasteiger charge is -2.13. The van der Waals surface area contributed by atoms with Crippen LogP contribution in [0.4, 0.5) is 11.4 Å². The van der Waals surface area contributed by atoms with Gasteiger partial charge in [-0.3, -0.25) is 4.79 Å². The van der Waals surface area contributed by atoms with Gasteiger partial charge in [0.2, 0.25) is 5.91 Å². The summed E-state index contributed by atoms with van der Waals surface area (Å²) in [6, 6.07) is 3.73. The number of amides is 1. The Balaban J connectivity index is 2.12. The van der Waals surface area contributed by atoms with Gasteiger partial charge < -0.3 is 11.1 Å². The summed E-state index contributed by atoms with van der Waals surface area (Å²) in [5.74, 6) is 0.734. The lowest BCUT2D eigenvalue weighted by Crippen LogP contribution is -2.22. The number of rotatable bonds is 3. The number of nitrogens with one attached hydrogen (secondary N) is 1. The molecule has 0 radical (unpaired) electrons. The van der Waals surface area contributed by atoms with Crippen LogP contribution in [-0.2, 0) is 4.79 Å². The largest absolute Gasteiger partial charge is 0.398 e. The number of carbonyl (C=O) groups is 1. The molecule has 17 heavy (non-hydrogen) atoms. The molecule has 1 aromatic rings. The van der Waals surface area contributed by atoms with Crippen LogP contribution in [0.25, 0.3) is 0 Å². The molecule has 1 unspecified atom stereocenters. The van der Waals surface area contributed by atoms with Crippen molar-refractivity contribution < 1.29 is 4.79 Å². The van der Waals surface area contributed by atoms with Crippen LogP contribution in [-0.4, -0.2) is 5.91 Å². The lowest BCUT2D eigenvalue weighted by molar-refractivity contribution is -0.119. The molecular weight excluding hydrogens is 280 g/mol. The second-order valence-corrected chi connectivity index (χ2v) is 5.66. The summed E-state index contributed by atoms with van der Waals surface area (Å²) in [6.07, 6.45) is 2.34. The molecule has 0 saturated heterocycles. The Morgan fingerprint density at radius 1 is 1.53 bits per heavy atom. The van der Waals surface area contributed by atoms with Gasteiger partial charge >= 0.3 is 0 Å². The van der Waals surface area contributed by atoms with E-state index in [0.717, 1.165) is 15.7 Å². The van der Waals surface area contributed by atoms with Crippen LogP contribution in [0, 0.1) is 18.8 Å². The quantitative estimate of drug-likeness (QED) is 0.841. The van der Waals surface area contributed by atoms with Crippen molar-refractivity contribution in [1.82, 2.24) is 0 Å². The van der Waals surface area contributed by atoms with Crippen molar-refractivity contribution >= 4 is 33.2 Å². The van der Waals surface area contributed by atoms with Crippen LogP contribution in [0.15, 0.2) is 16.6 Å². The van der Waals surface area contributed by atoms with Crippen LogP contribution in [0.2, 0.25) is 0 Å². The SMILES string of the molecule is Cc1cc(Br)c(NC(=O)C(C)C2CC2)cc1N. The van der Waals surface area contributed by atoms with Crippen LogP contribution in [0.1, 0.15) is 25.3 Å². The minimum absolute atomic E-state index is 0.0800. The van der Waals surface area contributed by atoms with E-state index < -0.39 is 0 Å². The van der Waals surface area contributed by atoms with Crippen molar-refractivity contribution in [3.63, 3.8) is 0 Å². The van der Waals surface area contributed by atoms with E-state index in [-0.39, 0.29) is 11.8 Å². The van der Waals surface area contributed by atoms with Crippen molar-refractivity contribution in [1.29, 1.82) is 0 Å². The van der Waals surface area contributed by atoms with Crippen molar-refractivity contribution in [3.8, 4) is 0 Å². The van der Waals surface area contributed by atoms with Gasteiger partial charge in [0.25, 0.3) is 0 Å². The van der Waals surface area contributed by atoms with Gasteiger partial charge in [-0.15, -0.1) is 0 Å². The van der Waals surface area contributed by atoms with Crippen molar-refractivity contribution in [2.24, 2.45) is 11.8 Å². The number of hydrogen-bond donors (Lipinski definition) is 2. The Morgan fingerprint density at radius 3 is 2.76 bits per heavy atom. The Hall–Kier alpha value is -1.03. The van der Waals surface area contributed by atoms with Crippen LogP contribution in [0.5, 0.6) is 0 Å². The third kappa shape index (κ3) is 2.80. The van der Waals surface area contributed by atoms with Gasteiger partial charge in [0, 0.05) is 16.1 Å². The Bertz CT molecular complexity index is 455. The van der Waals surface area contributed by atoms with Crippen molar-refractivity contribution in [3.05, 3.63) is 22.2 Å². The van der Waals surface area contributed by atoms with Gasteiger partial charge in [0.05, 0.1) is 5.69 Å². The Kier molecular flexibility index (Phi) is 3.43. The van der Waals surface area contributed by atoms with E-state index in [4.69, 9.17) is 5.73 Å². The van der Waals surface area contributed by atoms with E-state index >= 15 is 0 Å². The highest BCUT2D eigenvalue weighted by molar-refractivity contribution is 9.10. The number of anilines is 2. The molecule has 0 aromatic heterocycles. The molecular formula is C13H17BrN2O. The first kappa shape index (κ1) is 12.4. The molecule has 2 rings (SSSR count). The fourth-order valence-electron chi connectivity index (χ4n) is 1.84. The first-order valence-corrected chi connectivity index (χ1v) is 6.65. The smallest absolute Gasteiger partial charge is 0.227 e. The zero-order valence-corrected chi connectivity index (χ0v) is 11.7. The monoisotopic (exact) mass is 296 g/mol. The summed E-state index contributed by atoms with van der Waals surface area (Å²) in [7, 11) is 0. The Morgan fingerprint density at radius 2 is 2.18 bits per heavy atom. The second kappa shape index (κ2) is 4.69. The lowest BCUT2D eigenvalue weighted by atomic mass is 10.1. The predicted molar refractivity (Wildman–Crippen MR) is 73.8 cm³/mol. The fourth-order valence-corrected chi connectivity index (χ4v) is 2.40. The number of hydrogen-bond acceptors (Lipinski definition) is 2. The third-order valence-electron chi connectivity index (χ3n) is 3.36. The van der Waals surface area contributed by atoms with Gasteiger partial charge in [-0.05, 0) is 59.3 Å². The first-order valence-electron chi connectivity index (χ1n) is 5.85. The standard InChI is InChI=1S/C13H17BrN2O/c1-7-5-10(14)12(6-11(7)15)16-13(17)8(2)9-3-4-9/h5-6,8-9H,3-4,15H2,1-2H3,(H,16,17). The number of aryl methyl sites for hydroxylation is 1. The molecule has 0 aliphatic heterocycles. The summed E-state index contributed by atoms with van der Waals surface area (Å²) in [5.41, 5.74) is 8.30. The summed E-state index contributed by atoms with van der Waals surface area (Å²) in [6.45, 7) is 3.93. The van der Waals surface area contributed by atoms with Crippen LogP contribution < -0.4 is 11.1 Å². The molecule has 3 N–H and O–H groups in total. The van der Waals surface area contributed by atoms with E-state index in [1.165, 1.54) is 12.8 Å². The molecule has 0 bridgehead atoms. The molecule has 0 spiro atoms. The zero-order chi connectivity index (χ0) is 12.6. The molecule has 92 valence electrons. The second-order valence-electron chi connectivity index (χ2n) is 4.80. The average molecular weight is 297 g/mol. The molecule has 1 amide bonds. The Labute approximate surface area is 110 Å². The normalized spacial score (nSPS) is 16.6. The maximum absolute atomic E-state index is 12.0. The highest BCUT2D eigenvalue weighted by Crippen LogP contribution is 2.37. The summed E-state index contributed by atoms with van der Waals surface area (Å²) in [5, 5.41) is 2.93. The third-order valence-corrected chi connectivity index (χ3v) is 4.01. The summed E-state index contributed by atoms with van der Waals surface area (Å²) in [4.78, 5) is 12.0. The maximum Gasteiger partial charge on any atom is 0.227 e. The maximum atomic E-state index is 12.0. The van der Waals surface area contributed by atoms with Crippen molar-refractivity contribution in [2.45, 2.75) is 26.7 Å². The van der Waals surface area contributed by atoms with E-state index in [9.17, 15) is 4.79 Å². The van der Waals surface area contributed by atoms with Gasteiger partial charge in [-0.2, -0.15) is 0 Å². The molecule has 1 atom stereocenters. The van der Waals surface area contributed by atoms with E-state index in [1.54, 1.807) is 6.07 Å². The zero-order valence-electron chi connectivity index (χ0n) is 10.1. The van der Waals surface area contributed by atoms with Crippen LogP contribution in [0.3, 0.4) is 0 Å². The summed E-state index contributed by atoms with van der Waals surface area (Å²) < 4.78 is 0.876. The van der Waals surface area contributed by atoms with Crippen molar-refractivity contribution in [2.75, 3.05) is 11.1 Å².